The summed E-state index contributed by atoms with van der Waals surface area (Å²) in [5.74, 6) is 0.967. The third-order valence-electron chi connectivity index (χ3n) is 11.2. The first-order valence-electron chi connectivity index (χ1n) is 18.3. The second kappa shape index (κ2) is 16.5. The predicted molar refractivity (Wildman–Crippen MR) is 204 cm³/mol. The largest absolute Gasteiger partial charge is 0.493 e. The van der Waals surface area contributed by atoms with Gasteiger partial charge in [0.05, 0.1) is 35.2 Å². The lowest BCUT2D eigenvalue weighted by Crippen LogP contribution is -2.54. The fraction of sp³-hybridized carbons (Fsp3) is 0.405. The van der Waals surface area contributed by atoms with E-state index in [0.29, 0.717) is 63.5 Å². The van der Waals surface area contributed by atoms with E-state index in [9.17, 15) is 9.59 Å². The van der Waals surface area contributed by atoms with Crippen molar-refractivity contribution in [1.82, 2.24) is 14.8 Å². The summed E-state index contributed by atoms with van der Waals surface area (Å²) in [6.45, 7) is 5.26. The molecule has 4 saturated heterocycles. The number of ether oxygens (including phenoxy) is 4. The number of aromatic nitrogens is 1. The third kappa shape index (κ3) is 8.19. The highest BCUT2D eigenvalue weighted by Crippen LogP contribution is 2.40. The molecule has 2 bridgehead atoms. The molecule has 4 aliphatic rings. The van der Waals surface area contributed by atoms with Crippen LogP contribution in [0.25, 0.3) is 0 Å². The van der Waals surface area contributed by atoms with Crippen LogP contribution in [0.4, 0.5) is 0 Å². The summed E-state index contributed by atoms with van der Waals surface area (Å²) in [5, 5.41) is 0.765. The Hall–Kier alpha value is -4.15. The maximum absolute atomic E-state index is 14.1. The van der Waals surface area contributed by atoms with Crippen LogP contribution >= 0.6 is 23.2 Å². The number of fused-ring (bicyclic) bond motifs is 3. The molecule has 0 aliphatic carbocycles. The molecule has 0 amide bonds. The van der Waals surface area contributed by atoms with Crippen LogP contribution < -0.4 is 9.47 Å². The monoisotopic (exact) mass is 757 g/mol. The number of carbonyl (C=O) groups is 2. The summed E-state index contributed by atoms with van der Waals surface area (Å²) in [7, 11) is 3.12. The Kier molecular flexibility index (Phi) is 11.6. The summed E-state index contributed by atoms with van der Waals surface area (Å²) in [6, 6.07) is 23.0. The first-order valence-corrected chi connectivity index (χ1v) is 19.0. The topological polar surface area (TPSA) is 90.4 Å². The lowest BCUT2D eigenvalue weighted by atomic mass is 9.72. The van der Waals surface area contributed by atoms with Gasteiger partial charge in [-0.3, -0.25) is 19.6 Å². The molecule has 4 aromatic rings. The quantitative estimate of drug-likeness (QED) is 0.135. The van der Waals surface area contributed by atoms with Gasteiger partial charge in [0.25, 0.3) is 0 Å². The average Bonchev–Trinajstić information content (AvgIpc) is 3.20. The Bertz CT molecular complexity index is 1870. The molecule has 4 aliphatic heterocycles. The Morgan fingerprint density at radius 1 is 0.868 bits per heavy atom. The van der Waals surface area contributed by atoms with Crippen LogP contribution in [0.5, 0.6) is 11.5 Å². The summed E-state index contributed by atoms with van der Waals surface area (Å²) < 4.78 is 23.4. The first kappa shape index (κ1) is 37.2. The van der Waals surface area contributed by atoms with Gasteiger partial charge in [-0.2, -0.15) is 0 Å². The van der Waals surface area contributed by atoms with Crippen LogP contribution in [-0.2, 0) is 32.6 Å². The molecule has 4 fully saturated rings. The number of hydrogen-bond donors (Lipinski definition) is 0. The van der Waals surface area contributed by atoms with E-state index >= 15 is 0 Å². The third-order valence-corrected chi connectivity index (χ3v) is 11.9. The van der Waals surface area contributed by atoms with Gasteiger partial charge in [0, 0.05) is 31.9 Å². The lowest BCUT2D eigenvalue weighted by molar-refractivity contribution is -0.168. The van der Waals surface area contributed by atoms with E-state index in [1.165, 1.54) is 12.4 Å². The molecular formula is C42H45Cl2N3O6. The van der Waals surface area contributed by atoms with Gasteiger partial charge in [0.2, 0.25) is 0 Å². The molecule has 278 valence electrons. The second-order valence-corrected chi connectivity index (χ2v) is 15.1. The molecule has 11 heteroatoms. The summed E-state index contributed by atoms with van der Waals surface area (Å²) in [5.41, 5.74) is 3.18. The lowest BCUT2D eigenvalue weighted by Gasteiger charge is -2.46. The van der Waals surface area contributed by atoms with Crippen molar-refractivity contribution in [3.63, 3.8) is 0 Å². The predicted octanol–water partition coefficient (Wildman–Crippen LogP) is 7.72. The van der Waals surface area contributed by atoms with E-state index < -0.39 is 17.5 Å². The highest BCUT2D eigenvalue weighted by molar-refractivity contribution is 6.35. The zero-order valence-electron chi connectivity index (χ0n) is 30.1. The normalized spacial score (nSPS) is 21.4. The van der Waals surface area contributed by atoms with Crippen molar-refractivity contribution in [1.29, 1.82) is 0 Å². The van der Waals surface area contributed by atoms with Gasteiger partial charge in [-0.1, -0.05) is 71.7 Å². The van der Waals surface area contributed by atoms with Crippen molar-refractivity contribution in [3.8, 4) is 11.5 Å². The smallest absolute Gasteiger partial charge is 0.338 e. The molecule has 0 saturated carbocycles. The molecule has 0 unspecified atom stereocenters. The Morgan fingerprint density at radius 2 is 1.55 bits per heavy atom. The van der Waals surface area contributed by atoms with Crippen molar-refractivity contribution < 1.29 is 28.5 Å². The molecule has 9 nitrogen and oxygen atoms in total. The first-order chi connectivity index (χ1) is 25.8. The van der Waals surface area contributed by atoms with Crippen LogP contribution in [0, 0.1) is 5.92 Å². The van der Waals surface area contributed by atoms with E-state index in [2.05, 4.69) is 26.9 Å². The molecule has 0 N–H and O–H groups in total. The van der Waals surface area contributed by atoms with Gasteiger partial charge in [-0.25, -0.2) is 4.79 Å². The van der Waals surface area contributed by atoms with Crippen molar-refractivity contribution >= 4 is 35.1 Å². The fourth-order valence-corrected chi connectivity index (χ4v) is 8.58. The zero-order valence-corrected chi connectivity index (χ0v) is 31.7. The van der Waals surface area contributed by atoms with Gasteiger partial charge >= 0.3 is 11.9 Å². The minimum Gasteiger partial charge on any atom is -0.493 e. The Balaban J connectivity index is 1.02. The van der Waals surface area contributed by atoms with E-state index in [1.807, 2.05) is 36.4 Å². The minimum absolute atomic E-state index is 0.0191. The van der Waals surface area contributed by atoms with E-state index in [1.54, 1.807) is 38.5 Å². The maximum atomic E-state index is 14.1. The molecule has 53 heavy (non-hydrogen) atoms. The Labute approximate surface area is 321 Å². The number of methoxy groups -OCH3 is 2. The fourth-order valence-electron chi connectivity index (χ4n) is 8.06. The number of piperidine rings is 4. The molecule has 1 aromatic heterocycles. The van der Waals surface area contributed by atoms with Crippen molar-refractivity contribution in [2.75, 3.05) is 46.9 Å². The molecule has 8 rings (SSSR count). The SMILES string of the molecule is COc1ccc([C@H](Cc2c(Cl)cncc2Cl)OC(=O)c2ccc(CN3CCC(C(=O)O[C@H]4CN5CCC4CC5)(c4ccccc4)CC3)cc2)cc1OC. The number of esters is 2. The Morgan fingerprint density at radius 3 is 2.17 bits per heavy atom. The van der Waals surface area contributed by atoms with Crippen LogP contribution in [0.2, 0.25) is 10.0 Å². The summed E-state index contributed by atoms with van der Waals surface area (Å²) >= 11 is 12.9. The van der Waals surface area contributed by atoms with Crippen LogP contribution in [0.3, 0.4) is 0 Å². The number of halogens is 2. The zero-order chi connectivity index (χ0) is 37.0. The van der Waals surface area contributed by atoms with E-state index in [0.717, 1.165) is 56.7 Å². The number of pyridine rings is 1. The number of benzene rings is 3. The number of likely N-dealkylation sites (tertiary alicyclic amines) is 1. The number of nitrogens with zero attached hydrogens (tertiary/aromatic N) is 3. The van der Waals surface area contributed by atoms with Crippen molar-refractivity contribution in [2.45, 2.75) is 56.3 Å². The van der Waals surface area contributed by atoms with E-state index in [-0.39, 0.29) is 18.5 Å². The van der Waals surface area contributed by atoms with Crippen LogP contribution in [0.1, 0.15) is 64.4 Å². The molecular weight excluding hydrogens is 713 g/mol. The summed E-state index contributed by atoms with van der Waals surface area (Å²) in [4.78, 5) is 36.5. The van der Waals surface area contributed by atoms with Crippen molar-refractivity contribution in [3.05, 3.63) is 123 Å². The van der Waals surface area contributed by atoms with Gasteiger partial charge in [-0.15, -0.1) is 0 Å². The number of hydrogen-bond acceptors (Lipinski definition) is 9. The summed E-state index contributed by atoms with van der Waals surface area (Å²) in [6.07, 6.45) is 6.10. The van der Waals surface area contributed by atoms with E-state index in [4.69, 9.17) is 42.1 Å². The highest BCUT2D eigenvalue weighted by atomic mass is 35.5. The average molecular weight is 759 g/mol. The number of carbonyl (C=O) groups excluding carboxylic acids is 2. The van der Waals surface area contributed by atoms with Crippen molar-refractivity contribution in [2.24, 2.45) is 5.92 Å². The second-order valence-electron chi connectivity index (χ2n) is 14.3. The number of rotatable bonds is 12. The molecule has 5 heterocycles. The molecule has 0 radical (unpaired) electrons. The van der Waals surface area contributed by atoms with Gasteiger partial charge in [0.1, 0.15) is 12.2 Å². The minimum atomic E-state index is -0.727. The standard InChI is InChI=1S/C42H45Cl2N3O6/c1-50-36-13-12-31(22-38(36)51-2)37(23-33-34(43)24-45-25-35(33)44)52-40(48)30-10-8-28(9-11-30)26-47-20-16-42(17-21-47,32-6-4-3-5-7-32)41(49)53-39-27-46-18-14-29(39)15-19-46/h3-13,22,24-25,29,37,39H,14-21,23,26-27H2,1-2H3/t37-,39-/m0/s1. The molecule has 0 spiro atoms. The maximum Gasteiger partial charge on any atom is 0.338 e. The molecule has 2 atom stereocenters. The van der Waals surface area contributed by atoms with Gasteiger partial charge in [-0.05, 0) is 104 Å². The van der Waals surface area contributed by atoms with Crippen LogP contribution in [-0.4, -0.2) is 79.8 Å². The van der Waals surface area contributed by atoms with Crippen LogP contribution in [0.15, 0.2) is 85.2 Å². The molecule has 3 aromatic carbocycles. The van der Waals surface area contributed by atoms with Gasteiger partial charge in [0.15, 0.2) is 11.5 Å². The van der Waals surface area contributed by atoms with Gasteiger partial charge < -0.3 is 18.9 Å². The highest BCUT2D eigenvalue weighted by Gasteiger charge is 2.47.